The lowest BCUT2D eigenvalue weighted by Crippen LogP contribution is -2.21. The minimum atomic E-state index is -0.496. The van der Waals surface area contributed by atoms with E-state index >= 15 is 0 Å². The molecule has 0 bridgehead atoms. The standard InChI is InChI=1S/C18H23N3OS/c1-18(2,3)16-10-20-17(21-16)11-19-9-13(22)15-8-12-6-4-5-7-14(12)23-15/h4-8,10,13,19,22H,9,11H2,1-3H3,(H,20,21). The Bertz CT molecular complexity index is 752. The van der Waals surface area contributed by atoms with Crippen molar-refractivity contribution in [3.05, 3.63) is 52.9 Å². The molecule has 0 amide bonds. The van der Waals surface area contributed by atoms with E-state index in [9.17, 15) is 5.11 Å². The number of hydrogen-bond acceptors (Lipinski definition) is 4. The van der Waals surface area contributed by atoms with Crippen LogP contribution < -0.4 is 5.32 Å². The maximum Gasteiger partial charge on any atom is 0.120 e. The molecule has 0 aliphatic rings. The van der Waals surface area contributed by atoms with Crippen molar-refractivity contribution in [2.75, 3.05) is 6.54 Å². The number of aromatic nitrogens is 2. The van der Waals surface area contributed by atoms with Crippen molar-refractivity contribution < 1.29 is 5.11 Å². The van der Waals surface area contributed by atoms with Crippen LogP contribution in [0.15, 0.2) is 36.5 Å². The zero-order valence-electron chi connectivity index (χ0n) is 13.8. The fraction of sp³-hybridized carbons (Fsp3) is 0.389. The molecule has 1 aromatic carbocycles. The molecule has 0 spiro atoms. The Morgan fingerprint density at radius 2 is 2.09 bits per heavy atom. The third-order valence-corrected chi connectivity index (χ3v) is 5.06. The molecule has 3 aromatic rings. The Morgan fingerprint density at radius 3 is 2.78 bits per heavy atom. The van der Waals surface area contributed by atoms with Crippen LogP contribution in [0.5, 0.6) is 0 Å². The number of thiophene rings is 1. The minimum Gasteiger partial charge on any atom is -0.386 e. The molecule has 3 rings (SSSR count). The monoisotopic (exact) mass is 329 g/mol. The summed E-state index contributed by atoms with van der Waals surface area (Å²) in [5.41, 5.74) is 1.20. The van der Waals surface area contributed by atoms with E-state index in [1.807, 2.05) is 18.3 Å². The number of fused-ring (bicyclic) bond motifs is 1. The average molecular weight is 329 g/mol. The Kier molecular flexibility index (Phi) is 4.53. The number of rotatable bonds is 5. The molecule has 2 aromatic heterocycles. The summed E-state index contributed by atoms with van der Waals surface area (Å²) in [7, 11) is 0. The van der Waals surface area contributed by atoms with Crippen molar-refractivity contribution in [1.29, 1.82) is 0 Å². The number of aliphatic hydroxyl groups excluding tert-OH is 1. The molecule has 0 radical (unpaired) electrons. The first-order valence-electron chi connectivity index (χ1n) is 7.85. The van der Waals surface area contributed by atoms with Crippen LogP contribution in [-0.4, -0.2) is 21.6 Å². The summed E-state index contributed by atoms with van der Waals surface area (Å²) >= 11 is 1.65. The number of aliphatic hydroxyl groups is 1. The fourth-order valence-corrected chi connectivity index (χ4v) is 3.48. The van der Waals surface area contributed by atoms with Gasteiger partial charge in [-0.1, -0.05) is 39.0 Å². The second-order valence-electron chi connectivity index (χ2n) is 6.83. The smallest absolute Gasteiger partial charge is 0.120 e. The van der Waals surface area contributed by atoms with E-state index in [0.717, 1.165) is 16.4 Å². The van der Waals surface area contributed by atoms with Crippen LogP contribution in [0.1, 0.15) is 43.3 Å². The van der Waals surface area contributed by atoms with E-state index in [2.05, 4.69) is 54.3 Å². The van der Waals surface area contributed by atoms with Gasteiger partial charge in [0.15, 0.2) is 0 Å². The molecule has 0 saturated carbocycles. The molecule has 0 fully saturated rings. The highest BCUT2D eigenvalue weighted by atomic mass is 32.1. The van der Waals surface area contributed by atoms with Gasteiger partial charge in [0.05, 0.1) is 6.54 Å². The fourth-order valence-electron chi connectivity index (χ4n) is 2.43. The summed E-state index contributed by atoms with van der Waals surface area (Å²) in [6.45, 7) is 7.60. The topological polar surface area (TPSA) is 60.9 Å². The summed E-state index contributed by atoms with van der Waals surface area (Å²) in [5.74, 6) is 0.901. The number of benzene rings is 1. The van der Waals surface area contributed by atoms with E-state index in [1.165, 1.54) is 10.1 Å². The summed E-state index contributed by atoms with van der Waals surface area (Å²) in [4.78, 5) is 8.72. The third kappa shape index (κ3) is 3.80. The quantitative estimate of drug-likeness (QED) is 0.668. The van der Waals surface area contributed by atoms with Gasteiger partial charge in [-0.25, -0.2) is 4.98 Å². The van der Waals surface area contributed by atoms with Crippen LogP contribution >= 0.6 is 11.3 Å². The highest BCUT2D eigenvalue weighted by Gasteiger charge is 2.16. The van der Waals surface area contributed by atoms with Crippen molar-refractivity contribution in [2.45, 2.75) is 38.8 Å². The summed E-state index contributed by atoms with van der Waals surface area (Å²) in [6, 6.07) is 10.3. The van der Waals surface area contributed by atoms with Crippen LogP contribution in [0.3, 0.4) is 0 Å². The second kappa shape index (κ2) is 6.43. The molecule has 0 aliphatic heterocycles. The lowest BCUT2D eigenvalue weighted by molar-refractivity contribution is 0.178. The Balaban J connectivity index is 1.56. The molecule has 3 N–H and O–H groups in total. The largest absolute Gasteiger partial charge is 0.386 e. The van der Waals surface area contributed by atoms with Gasteiger partial charge in [-0.05, 0) is 17.5 Å². The number of imidazole rings is 1. The Labute approximate surface area is 140 Å². The first-order chi connectivity index (χ1) is 10.9. The van der Waals surface area contributed by atoms with Gasteiger partial charge in [0, 0.05) is 33.4 Å². The summed E-state index contributed by atoms with van der Waals surface area (Å²) in [6.07, 6.45) is 1.39. The van der Waals surface area contributed by atoms with Crippen LogP contribution in [0, 0.1) is 0 Å². The zero-order valence-corrected chi connectivity index (χ0v) is 14.6. The van der Waals surface area contributed by atoms with Crippen LogP contribution in [0.25, 0.3) is 10.1 Å². The molecular formula is C18H23N3OS. The Hall–Kier alpha value is -1.69. The maximum atomic E-state index is 10.4. The molecule has 1 atom stereocenters. The molecule has 1 unspecified atom stereocenters. The number of aromatic amines is 1. The van der Waals surface area contributed by atoms with Gasteiger partial charge in [0.25, 0.3) is 0 Å². The van der Waals surface area contributed by atoms with Gasteiger partial charge in [-0.3, -0.25) is 0 Å². The molecule has 0 saturated heterocycles. The first kappa shape index (κ1) is 16.2. The first-order valence-corrected chi connectivity index (χ1v) is 8.67. The molecule has 122 valence electrons. The van der Waals surface area contributed by atoms with Crippen molar-refractivity contribution in [3.8, 4) is 0 Å². The van der Waals surface area contributed by atoms with Crippen LogP contribution in [0.2, 0.25) is 0 Å². The van der Waals surface area contributed by atoms with Crippen LogP contribution in [-0.2, 0) is 12.0 Å². The van der Waals surface area contributed by atoms with E-state index in [0.29, 0.717) is 13.1 Å². The summed E-state index contributed by atoms with van der Waals surface area (Å²) < 4.78 is 1.21. The molecule has 2 heterocycles. The predicted octanol–water partition coefficient (Wildman–Crippen LogP) is 3.75. The van der Waals surface area contributed by atoms with Crippen LogP contribution in [0.4, 0.5) is 0 Å². The minimum absolute atomic E-state index is 0.0713. The normalized spacial score (nSPS) is 13.6. The number of nitrogens with zero attached hydrogens (tertiary/aromatic N) is 1. The molecule has 5 heteroatoms. The lowest BCUT2D eigenvalue weighted by atomic mass is 9.93. The number of H-pyrrole nitrogens is 1. The Morgan fingerprint density at radius 1 is 1.30 bits per heavy atom. The number of hydrogen-bond donors (Lipinski definition) is 3. The van der Waals surface area contributed by atoms with Gasteiger partial charge in [-0.15, -0.1) is 11.3 Å². The molecule has 23 heavy (non-hydrogen) atoms. The molecule has 0 aliphatic carbocycles. The predicted molar refractivity (Wildman–Crippen MR) is 95.8 cm³/mol. The van der Waals surface area contributed by atoms with Crippen molar-refractivity contribution >= 4 is 21.4 Å². The number of nitrogens with one attached hydrogen (secondary N) is 2. The highest BCUT2D eigenvalue weighted by Crippen LogP contribution is 2.29. The lowest BCUT2D eigenvalue weighted by Gasteiger charge is -2.15. The van der Waals surface area contributed by atoms with Crippen molar-refractivity contribution in [2.24, 2.45) is 0 Å². The van der Waals surface area contributed by atoms with E-state index < -0.39 is 6.10 Å². The van der Waals surface area contributed by atoms with Gasteiger partial charge in [0.1, 0.15) is 11.9 Å². The average Bonchev–Trinajstić information content (AvgIpc) is 3.13. The summed E-state index contributed by atoms with van der Waals surface area (Å²) in [5, 5.41) is 14.8. The van der Waals surface area contributed by atoms with Gasteiger partial charge < -0.3 is 15.4 Å². The third-order valence-electron chi connectivity index (χ3n) is 3.84. The highest BCUT2D eigenvalue weighted by molar-refractivity contribution is 7.19. The van der Waals surface area contributed by atoms with Gasteiger partial charge in [0.2, 0.25) is 0 Å². The second-order valence-corrected chi connectivity index (χ2v) is 7.94. The SMILES string of the molecule is CC(C)(C)c1cnc(CNCC(O)c2cc3ccccc3s2)[nH]1. The molecular weight excluding hydrogens is 306 g/mol. The van der Waals surface area contributed by atoms with E-state index in [-0.39, 0.29) is 5.41 Å². The van der Waals surface area contributed by atoms with E-state index in [1.54, 1.807) is 11.3 Å². The maximum absolute atomic E-state index is 10.4. The zero-order chi connectivity index (χ0) is 16.4. The molecule has 4 nitrogen and oxygen atoms in total. The van der Waals surface area contributed by atoms with Gasteiger partial charge in [-0.2, -0.15) is 0 Å². The van der Waals surface area contributed by atoms with Gasteiger partial charge >= 0.3 is 0 Å². The van der Waals surface area contributed by atoms with E-state index in [4.69, 9.17) is 0 Å². The van der Waals surface area contributed by atoms with Crippen molar-refractivity contribution in [3.63, 3.8) is 0 Å². The van der Waals surface area contributed by atoms with Crippen molar-refractivity contribution in [1.82, 2.24) is 15.3 Å².